The molecule has 1 atom stereocenters. The van der Waals surface area contributed by atoms with Crippen molar-refractivity contribution in [3.8, 4) is 11.5 Å². The van der Waals surface area contributed by atoms with Crippen LogP contribution in [0, 0.1) is 0 Å². The first kappa shape index (κ1) is 20.8. The van der Waals surface area contributed by atoms with E-state index in [0.717, 1.165) is 11.4 Å². The maximum absolute atomic E-state index is 12.6. The number of nitrogens with one attached hydrogen (secondary N) is 1. The van der Waals surface area contributed by atoms with Gasteiger partial charge in [-0.1, -0.05) is 43.3 Å². The van der Waals surface area contributed by atoms with E-state index in [4.69, 9.17) is 9.47 Å². The monoisotopic (exact) mass is 407 g/mol. The summed E-state index contributed by atoms with van der Waals surface area (Å²) in [7, 11) is 1.60. The first-order chi connectivity index (χ1) is 14.2. The van der Waals surface area contributed by atoms with Gasteiger partial charge in [0.05, 0.1) is 7.11 Å². The van der Waals surface area contributed by atoms with E-state index in [9.17, 15) is 4.79 Å². The highest BCUT2D eigenvalue weighted by Crippen LogP contribution is 2.24. The molecule has 4 nitrogen and oxygen atoms in total. The zero-order chi connectivity index (χ0) is 20.5. The number of amides is 1. The SMILES string of the molecule is CCC(Oc1cccc(OC)c1)C(=O)Nc1ccc(CSc2ccccc2)cc1. The molecular formula is C24H25NO3S. The second-order valence-electron chi connectivity index (χ2n) is 6.48. The van der Waals surface area contributed by atoms with Crippen LogP contribution in [-0.2, 0) is 10.5 Å². The molecule has 1 amide bonds. The molecule has 0 radical (unpaired) electrons. The maximum Gasteiger partial charge on any atom is 0.265 e. The molecule has 0 heterocycles. The highest BCUT2D eigenvalue weighted by Gasteiger charge is 2.18. The lowest BCUT2D eigenvalue weighted by Gasteiger charge is -2.18. The minimum Gasteiger partial charge on any atom is -0.497 e. The fraction of sp³-hybridized carbons (Fsp3) is 0.208. The fourth-order valence-electron chi connectivity index (χ4n) is 2.75. The normalized spacial score (nSPS) is 11.5. The number of hydrogen-bond acceptors (Lipinski definition) is 4. The van der Waals surface area contributed by atoms with Crippen LogP contribution in [0.15, 0.2) is 83.8 Å². The number of anilines is 1. The van der Waals surface area contributed by atoms with Gasteiger partial charge in [0.25, 0.3) is 5.91 Å². The summed E-state index contributed by atoms with van der Waals surface area (Å²) < 4.78 is 11.1. The minimum absolute atomic E-state index is 0.165. The van der Waals surface area contributed by atoms with Gasteiger partial charge < -0.3 is 14.8 Å². The van der Waals surface area contributed by atoms with Crippen LogP contribution in [-0.4, -0.2) is 19.1 Å². The van der Waals surface area contributed by atoms with E-state index in [2.05, 4.69) is 17.4 Å². The molecule has 0 bridgehead atoms. The molecule has 0 aliphatic rings. The Morgan fingerprint density at radius 3 is 2.38 bits per heavy atom. The van der Waals surface area contributed by atoms with Crippen molar-refractivity contribution in [3.05, 3.63) is 84.4 Å². The topological polar surface area (TPSA) is 47.6 Å². The molecule has 3 aromatic rings. The Kier molecular flexibility index (Phi) is 7.59. The molecule has 5 heteroatoms. The molecule has 0 saturated heterocycles. The van der Waals surface area contributed by atoms with E-state index in [1.807, 2.05) is 67.6 Å². The minimum atomic E-state index is -0.574. The van der Waals surface area contributed by atoms with E-state index in [-0.39, 0.29) is 5.91 Å². The van der Waals surface area contributed by atoms with Crippen molar-refractivity contribution >= 4 is 23.4 Å². The second kappa shape index (κ2) is 10.6. The van der Waals surface area contributed by atoms with Gasteiger partial charge >= 0.3 is 0 Å². The van der Waals surface area contributed by atoms with Crippen LogP contribution in [0.5, 0.6) is 11.5 Å². The smallest absolute Gasteiger partial charge is 0.265 e. The molecule has 1 unspecified atom stereocenters. The van der Waals surface area contributed by atoms with Crippen LogP contribution in [0.4, 0.5) is 5.69 Å². The van der Waals surface area contributed by atoms with Crippen LogP contribution in [0.25, 0.3) is 0 Å². The number of carbonyl (C=O) groups is 1. The number of benzene rings is 3. The van der Waals surface area contributed by atoms with Gasteiger partial charge in [0.15, 0.2) is 6.10 Å². The zero-order valence-corrected chi connectivity index (χ0v) is 17.4. The lowest BCUT2D eigenvalue weighted by atomic mass is 10.2. The Morgan fingerprint density at radius 2 is 1.69 bits per heavy atom. The molecule has 0 saturated carbocycles. The lowest BCUT2D eigenvalue weighted by Crippen LogP contribution is -2.32. The van der Waals surface area contributed by atoms with Crippen LogP contribution in [0.3, 0.4) is 0 Å². The number of ether oxygens (including phenoxy) is 2. The Morgan fingerprint density at radius 1 is 0.966 bits per heavy atom. The first-order valence-corrected chi connectivity index (χ1v) is 10.5. The highest BCUT2D eigenvalue weighted by molar-refractivity contribution is 7.98. The molecule has 0 aliphatic heterocycles. The maximum atomic E-state index is 12.6. The summed E-state index contributed by atoms with van der Waals surface area (Å²) in [5.74, 6) is 2.03. The predicted octanol–water partition coefficient (Wildman–Crippen LogP) is 5.78. The summed E-state index contributed by atoms with van der Waals surface area (Å²) in [4.78, 5) is 13.9. The van der Waals surface area contributed by atoms with E-state index >= 15 is 0 Å². The van der Waals surface area contributed by atoms with Crippen LogP contribution in [0.1, 0.15) is 18.9 Å². The molecule has 3 aromatic carbocycles. The fourth-order valence-corrected chi connectivity index (χ4v) is 3.63. The standard InChI is InChI=1S/C24H25NO3S/c1-3-23(28-21-9-7-8-20(16-21)27-2)24(26)25-19-14-12-18(13-15-19)17-29-22-10-5-4-6-11-22/h4-16,23H,3,17H2,1-2H3,(H,25,26). The Hall–Kier alpha value is -2.92. The summed E-state index contributed by atoms with van der Waals surface area (Å²) in [6, 6.07) is 25.5. The van der Waals surface area contributed by atoms with Crippen molar-refractivity contribution in [2.24, 2.45) is 0 Å². The molecule has 0 spiro atoms. The summed E-state index contributed by atoms with van der Waals surface area (Å²) in [6.07, 6.45) is -0.00936. The van der Waals surface area contributed by atoms with Crippen molar-refractivity contribution < 1.29 is 14.3 Å². The lowest BCUT2D eigenvalue weighted by molar-refractivity contribution is -0.122. The number of carbonyl (C=O) groups excluding carboxylic acids is 1. The average Bonchev–Trinajstić information content (AvgIpc) is 2.77. The quantitative estimate of drug-likeness (QED) is 0.457. The second-order valence-corrected chi connectivity index (χ2v) is 7.53. The van der Waals surface area contributed by atoms with Crippen LogP contribution >= 0.6 is 11.8 Å². The summed E-state index contributed by atoms with van der Waals surface area (Å²) in [5, 5.41) is 2.94. The molecule has 0 fully saturated rings. The molecule has 0 aliphatic carbocycles. The van der Waals surface area contributed by atoms with Gasteiger partial charge in [0.1, 0.15) is 11.5 Å². The van der Waals surface area contributed by atoms with Gasteiger partial charge in [-0.15, -0.1) is 11.8 Å². The van der Waals surface area contributed by atoms with Crippen LogP contribution < -0.4 is 14.8 Å². The molecule has 1 N–H and O–H groups in total. The summed E-state index contributed by atoms with van der Waals surface area (Å²) in [5.41, 5.74) is 1.97. The first-order valence-electron chi connectivity index (χ1n) is 9.56. The predicted molar refractivity (Wildman–Crippen MR) is 119 cm³/mol. The molecule has 0 aromatic heterocycles. The number of thioether (sulfide) groups is 1. The van der Waals surface area contributed by atoms with Gasteiger partial charge in [0, 0.05) is 22.4 Å². The summed E-state index contributed by atoms with van der Waals surface area (Å²) in [6.45, 7) is 1.92. The number of methoxy groups -OCH3 is 1. The molecular weight excluding hydrogens is 382 g/mol. The Labute approximate surface area is 176 Å². The largest absolute Gasteiger partial charge is 0.497 e. The average molecular weight is 408 g/mol. The van der Waals surface area contributed by atoms with E-state index in [1.54, 1.807) is 24.9 Å². The van der Waals surface area contributed by atoms with Crippen molar-refractivity contribution in [1.82, 2.24) is 0 Å². The van der Waals surface area contributed by atoms with Crippen LogP contribution in [0.2, 0.25) is 0 Å². The van der Waals surface area contributed by atoms with E-state index in [0.29, 0.717) is 17.9 Å². The zero-order valence-electron chi connectivity index (χ0n) is 16.6. The van der Waals surface area contributed by atoms with Gasteiger partial charge in [-0.05, 0) is 48.4 Å². The number of hydrogen-bond donors (Lipinski definition) is 1. The van der Waals surface area contributed by atoms with Crippen molar-refractivity contribution in [2.45, 2.75) is 30.1 Å². The van der Waals surface area contributed by atoms with E-state index < -0.39 is 6.10 Å². The Bertz CT molecular complexity index is 913. The van der Waals surface area contributed by atoms with Gasteiger partial charge in [-0.25, -0.2) is 0 Å². The third-order valence-corrected chi connectivity index (χ3v) is 5.44. The van der Waals surface area contributed by atoms with Crippen molar-refractivity contribution in [2.75, 3.05) is 12.4 Å². The van der Waals surface area contributed by atoms with Gasteiger partial charge in [-0.3, -0.25) is 4.79 Å². The van der Waals surface area contributed by atoms with Crippen molar-refractivity contribution in [3.63, 3.8) is 0 Å². The van der Waals surface area contributed by atoms with Gasteiger partial charge in [0.2, 0.25) is 0 Å². The summed E-state index contributed by atoms with van der Waals surface area (Å²) >= 11 is 1.79. The molecule has 3 rings (SSSR count). The Balaban J connectivity index is 1.55. The highest BCUT2D eigenvalue weighted by atomic mass is 32.2. The number of rotatable bonds is 9. The van der Waals surface area contributed by atoms with Gasteiger partial charge in [-0.2, -0.15) is 0 Å². The molecule has 150 valence electrons. The third kappa shape index (κ3) is 6.29. The van der Waals surface area contributed by atoms with Crippen molar-refractivity contribution in [1.29, 1.82) is 0 Å². The van der Waals surface area contributed by atoms with E-state index in [1.165, 1.54) is 10.5 Å². The third-order valence-electron chi connectivity index (χ3n) is 4.35. The molecule has 29 heavy (non-hydrogen) atoms.